The fourth-order valence-corrected chi connectivity index (χ4v) is 1.45. The molecule has 0 spiro atoms. The standard InChI is InChI=1S/C12H11NO/c1-8-3-4-10-7-13-12(9(2)14)6-11(10)5-8/h3-7H,1-2H3. The van der Waals surface area contributed by atoms with Crippen molar-refractivity contribution in [2.45, 2.75) is 13.8 Å². The topological polar surface area (TPSA) is 30.0 Å². The molecule has 2 aromatic rings. The zero-order valence-corrected chi connectivity index (χ0v) is 8.24. The van der Waals surface area contributed by atoms with Gasteiger partial charge in [-0.3, -0.25) is 9.78 Å². The molecule has 0 atom stereocenters. The molecule has 0 aliphatic rings. The normalized spacial score (nSPS) is 10.4. The number of aromatic nitrogens is 1. The Bertz CT molecular complexity index is 503. The lowest BCUT2D eigenvalue weighted by Gasteiger charge is -2.00. The van der Waals surface area contributed by atoms with Crippen molar-refractivity contribution in [3.8, 4) is 0 Å². The molecule has 0 aliphatic heterocycles. The number of hydrogen-bond donors (Lipinski definition) is 0. The van der Waals surface area contributed by atoms with E-state index in [1.165, 1.54) is 12.5 Å². The molecule has 1 aromatic heterocycles. The van der Waals surface area contributed by atoms with Gasteiger partial charge >= 0.3 is 0 Å². The first-order chi connectivity index (χ1) is 6.66. The van der Waals surface area contributed by atoms with Gasteiger partial charge < -0.3 is 0 Å². The molecule has 0 unspecified atom stereocenters. The van der Waals surface area contributed by atoms with E-state index in [2.05, 4.69) is 11.1 Å². The average molecular weight is 185 g/mol. The van der Waals surface area contributed by atoms with E-state index in [1.54, 1.807) is 6.20 Å². The average Bonchev–Trinajstić information content (AvgIpc) is 2.16. The third-order valence-corrected chi connectivity index (χ3v) is 2.24. The van der Waals surface area contributed by atoms with Crippen LogP contribution in [0.3, 0.4) is 0 Å². The molecule has 0 bridgehead atoms. The van der Waals surface area contributed by atoms with E-state index in [0.29, 0.717) is 5.69 Å². The van der Waals surface area contributed by atoms with Crippen molar-refractivity contribution in [1.82, 2.24) is 4.98 Å². The molecule has 2 nitrogen and oxygen atoms in total. The number of aryl methyl sites for hydroxylation is 1. The number of rotatable bonds is 1. The summed E-state index contributed by atoms with van der Waals surface area (Å²) in [5, 5.41) is 2.14. The molecule has 0 saturated carbocycles. The summed E-state index contributed by atoms with van der Waals surface area (Å²) in [5.41, 5.74) is 1.72. The summed E-state index contributed by atoms with van der Waals surface area (Å²) in [4.78, 5) is 15.2. The highest BCUT2D eigenvalue weighted by Crippen LogP contribution is 2.15. The zero-order chi connectivity index (χ0) is 10.1. The highest BCUT2D eigenvalue weighted by molar-refractivity contribution is 5.96. The van der Waals surface area contributed by atoms with E-state index in [-0.39, 0.29) is 5.78 Å². The zero-order valence-electron chi connectivity index (χ0n) is 8.24. The Morgan fingerprint density at radius 1 is 1.21 bits per heavy atom. The summed E-state index contributed by atoms with van der Waals surface area (Å²) in [5.74, 6) is 0.00778. The van der Waals surface area contributed by atoms with Gasteiger partial charge in [0.05, 0.1) is 0 Å². The summed E-state index contributed by atoms with van der Waals surface area (Å²) in [6.45, 7) is 3.57. The van der Waals surface area contributed by atoms with Gasteiger partial charge in [0.1, 0.15) is 5.69 Å². The highest BCUT2D eigenvalue weighted by Gasteiger charge is 2.01. The number of hydrogen-bond acceptors (Lipinski definition) is 2. The van der Waals surface area contributed by atoms with Crippen LogP contribution < -0.4 is 0 Å². The number of fused-ring (bicyclic) bond motifs is 1. The minimum Gasteiger partial charge on any atom is -0.293 e. The summed E-state index contributed by atoms with van der Waals surface area (Å²) in [7, 11) is 0. The molecule has 1 aromatic carbocycles. The Hall–Kier alpha value is -1.70. The van der Waals surface area contributed by atoms with Gasteiger partial charge in [-0.1, -0.05) is 23.8 Å². The molecular formula is C12H11NO. The first kappa shape index (κ1) is 8.88. The van der Waals surface area contributed by atoms with E-state index in [0.717, 1.165) is 10.8 Å². The first-order valence-corrected chi connectivity index (χ1v) is 4.54. The second kappa shape index (κ2) is 3.22. The highest BCUT2D eigenvalue weighted by atomic mass is 16.1. The van der Waals surface area contributed by atoms with E-state index >= 15 is 0 Å². The van der Waals surface area contributed by atoms with Crippen molar-refractivity contribution >= 4 is 16.6 Å². The smallest absolute Gasteiger partial charge is 0.178 e. The van der Waals surface area contributed by atoms with Crippen LogP contribution in [0, 0.1) is 6.92 Å². The molecule has 0 aliphatic carbocycles. The van der Waals surface area contributed by atoms with E-state index < -0.39 is 0 Å². The van der Waals surface area contributed by atoms with Crippen molar-refractivity contribution in [2.75, 3.05) is 0 Å². The number of carbonyl (C=O) groups is 1. The SMILES string of the molecule is CC(=O)c1cc2cc(C)ccc2cn1. The monoisotopic (exact) mass is 185 g/mol. The predicted octanol–water partition coefficient (Wildman–Crippen LogP) is 2.75. The van der Waals surface area contributed by atoms with Crippen LogP contribution in [0.15, 0.2) is 30.5 Å². The summed E-state index contributed by atoms with van der Waals surface area (Å²) < 4.78 is 0. The van der Waals surface area contributed by atoms with Crippen LogP contribution in [0.2, 0.25) is 0 Å². The van der Waals surface area contributed by atoms with Gasteiger partial charge in [0, 0.05) is 18.5 Å². The quantitative estimate of drug-likeness (QED) is 0.639. The fourth-order valence-electron chi connectivity index (χ4n) is 1.45. The van der Waals surface area contributed by atoms with Crippen LogP contribution in [0.4, 0.5) is 0 Å². The Balaban J connectivity index is 2.69. The molecule has 2 rings (SSSR count). The Kier molecular flexibility index (Phi) is 2.04. The first-order valence-electron chi connectivity index (χ1n) is 4.54. The van der Waals surface area contributed by atoms with E-state index in [9.17, 15) is 4.79 Å². The lowest BCUT2D eigenvalue weighted by molar-refractivity contribution is 0.101. The van der Waals surface area contributed by atoms with Crippen LogP contribution in [-0.2, 0) is 0 Å². The number of benzene rings is 1. The Morgan fingerprint density at radius 3 is 2.71 bits per heavy atom. The van der Waals surface area contributed by atoms with Crippen molar-refractivity contribution in [1.29, 1.82) is 0 Å². The lowest BCUT2D eigenvalue weighted by Crippen LogP contribution is -1.95. The van der Waals surface area contributed by atoms with Gasteiger partial charge in [0.2, 0.25) is 0 Å². The molecular weight excluding hydrogens is 174 g/mol. The van der Waals surface area contributed by atoms with Gasteiger partial charge in [-0.25, -0.2) is 0 Å². The van der Waals surface area contributed by atoms with Crippen molar-refractivity contribution in [3.05, 3.63) is 41.7 Å². The molecule has 14 heavy (non-hydrogen) atoms. The van der Waals surface area contributed by atoms with Crippen LogP contribution in [0.5, 0.6) is 0 Å². The molecule has 2 heteroatoms. The maximum absolute atomic E-state index is 11.1. The summed E-state index contributed by atoms with van der Waals surface area (Å²) >= 11 is 0. The van der Waals surface area contributed by atoms with Crippen LogP contribution >= 0.6 is 0 Å². The fraction of sp³-hybridized carbons (Fsp3) is 0.167. The molecule has 0 radical (unpaired) electrons. The van der Waals surface area contributed by atoms with Gasteiger partial charge in [-0.05, 0) is 18.4 Å². The number of carbonyl (C=O) groups excluding carboxylic acids is 1. The van der Waals surface area contributed by atoms with E-state index in [1.807, 2.05) is 25.1 Å². The van der Waals surface area contributed by atoms with Gasteiger partial charge in [-0.2, -0.15) is 0 Å². The van der Waals surface area contributed by atoms with Crippen LogP contribution in [0.1, 0.15) is 23.0 Å². The van der Waals surface area contributed by atoms with Crippen molar-refractivity contribution in [2.24, 2.45) is 0 Å². The summed E-state index contributed by atoms with van der Waals surface area (Å²) in [6.07, 6.45) is 1.74. The minimum absolute atomic E-state index is 0.00778. The van der Waals surface area contributed by atoms with Crippen molar-refractivity contribution < 1.29 is 4.79 Å². The second-order valence-corrected chi connectivity index (χ2v) is 3.48. The molecule has 1 heterocycles. The van der Waals surface area contributed by atoms with Crippen LogP contribution in [-0.4, -0.2) is 10.8 Å². The third kappa shape index (κ3) is 1.51. The lowest BCUT2D eigenvalue weighted by atomic mass is 10.1. The maximum Gasteiger partial charge on any atom is 0.178 e. The van der Waals surface area contributed by atoms with Crippen LogP contribution in [0.25, 0.3) is 10.8 Å². The molecule has 0 saturated heterocycles. The minimum atomic E-state index is 0.00778. The van der Waals surface area contributed by atoms with Gasteiger partial charge in [0.15, 0.2) is 5.78 Å². The Labute approximate surface area is 82.6 Å². The molecule has 0 fully saturated rings. The molecule has 70 valence electrons. The van der Waals surface area contributed by atoms with Gasteiger partial charge in [0.25, 0.3) is 0 Å². The number of ketones is 1. The largest absolute Gasteiger partial charge is 0.293 e. The maximum atomic E-state index is 11.1. The van der Waals surface area contributed by atoms with E-state index in [4.69, 9.17) is 0 Å². The number of pyridine rings is 1. The predicted molar refractivity (Wildman–Crippen MR) is 56.5 cm³/mol. The third-order valence-electron chi connectivity index (χ3n) is 2.24. The number of Topliss-reactive ketones (excluding diaryl/α,β-unsaturated/α-hetero) is 1. The van der Waals surface area contributed by atoms with Crippen molar-refractivity contribution in [3.63, 3.8) is 0 Å². The number of nitrogens with zero attached hydrogens (tertiary/aromatic N) is 1. The molecule has 0 N–H and O–H groups in total. The molecule has 0 amide bonds. The second-order valence-electron chi connectivity index (χ2n) is 3.48. The van der Waals surface area contributed by atoms with Gasteiger partial charge in [-0.15, -0.1) is 0 Å². The summed E-state index contributed by atoms with van der Waals surface area (Å²) in [6, 6.07) is 7.95. The Morgan fingerprint density at radius 2 is 2.00 bits per heavy atom.